The van der Waals surface area contributed by atoms with E-state index in [1.165, 1.54) is 0 Å². The Morgan fingerprint density at radius 1 is 1.55 bits per heavy atom. The van der Waals surface area contributed by atoms with Crippen molar-refractivity contribution in [2.45, 2.75) is 13.5 Å². The highest BCUT2D eigenvalue weighted by atomic mass is 79.9. The van der Waals surface area contributed by atoms with Gasteiger partial charge in [-0.25, -0.2) is 0 Å². The molecule has 2 heterocycles. The lowest BCUT2D eigenvalue weighted by Gasteiger charge is -2.18. The van der Waals surface area contributed by atoms with Crippen molar-refractivity contribution in [3.8, 4) is 0 Å². The highest BCUT2D eigenvalue weighted by molar-refractivity contribution is 9.11. The van der Waals surface area contributed by atoms with E-state index in [1.54, 1.807) is 34.7 Å². The normalized spacial score (nSPS) is 10.3. The second-order valence-electron chi connectivity index (χ2n) is 4.37. The van der Waals surface area contributed by atoms with E-state index in [1.807, 2.05) is 25.4 Å². The van der Waals surface area contributed by atoms with E-state index in [2.05, 4.69) is 26.2 Å². The van der Waals surface area contributed by atoms with Gasteiger partial charge in [-0.1, -0.05) is 0 Å². The van der Waals surface area contributed by atoms with Crippen LogP contribution < -0.4 is 5.32 Å². The molecule has 0 aliphatic heterocycles. The summed E-state index contributed by atoms with van der Waals surface area (Å²) in [7, 11) is 1.81. The molecule has 0 fully saturated rings. The molecule has 0 aliphatic rings. The van der Waals surface area contributed by atoms with Crippen LogP contribution in [0.1, 0.15) is 22.8 Å². The Balaban J connectivity index is 2.14. The highest BCUT2D eigenvalue weighted by Gasteiger charge is 2.16. The van der Waals surface area contributed by atoms with Gasteiger partial charge in [-0.3, -0.25) is 9.78 Å². The molecular formula is C14H16BrN3OS. The van der Waals surface area contributed by atoms with Crippen molar-refractivity contribution in [3.05, 3.63) is 44.8 Å². The summed E-state index contributed by atoms with van der Waals surface area (Å²) in [4.78, 5) is 18.3. The molecule has 0 spiro atoms. The summed E-state index contributed by atoms with van der Waals surface area (Å²) in [6.45, 7) is 3.34. The zero-order chi connectivity index (χ0) is 14.5. The van der Waals surface area contributed by atoms with Crippen LogP contribution in [0.5, 0.6) is 0 Å². The van der Waals surface area contributed by atoms with E-state index in [-0.39, 0.29) is 5.91 Å². The summed E-state index contributed by atoms with van der Waals surface area (Å²) in [5, 5.41) is 5.21. The van der Waals surface area contributed by atoms with Crippen LogP contribution in [0.25, 0.3) is 0 Å². The smallest absolute Gasteiger partial charge is 0.256 e. The quantitative estimate of drug-likeness (QED) is 0.892. The minimum Gasteiger partial charge on any atom is -0.383 e. The summed E-state index contributed by atoms with van der Waals surface area (Å²) < 4.78 is 1.07. The minimum atomic E-state index is -0.00864. The third-order valence-corrected chi connectivity index (χ3v) is 4.36. The number of anilines is 1. The fraction of sp³-hybridized carbons (Fsp3) is 0.286. The number of nitrogens with zero attached hydrogens (tertiary/aromatic N) is 2. The largest absolute Gasteiger partial charge is 0.383 e. The highest BCUT2D eigenvalue weighted by Crippen LogP contribution is 2.22. The lowest BCUT2D eigenvalue weighted by atomic mass is 10.2. The molecule has 6 heteroatoms. The number of pyridine rings is 1. The van der Waals surface area contributed by atoms with E-state index < -0.39 is 0 Å². The molecule has 2 aromatic heterocycles. The zero-order valence-electron chi connectivity index (χ0n) is 11.4. The molecule has 0 saturated carbocycles. The zero-order valence-corrected chi connectivity index (χ0v) is 13.8. The molecule has 1 N–H and O–H groups in total. The molecule has 20 heavy (non-hydrogen) atoms. The molecule has 4 nitrogen and oxygen atoms in total. The number of hydrogen-bond donors (Lipinski definition) is 1. The van der Waals surface area contributed by atoms with E-state index in [4.69, 9.17) is 0 Å². The number of carbonyl (C=O) groups excluding carboxylic acids is 1. The van der Waals surface area contributed by atoms with Gasteiger partial charge in [0.25, 0.3) is 5.91 Å². The Morgan fingerprint density at radius 3 is 3.00 bits per heavy atom. The summed E-state index contributed by atoms with van der Waals surface area (Å²) in [6.07, 6.45) is 3.33. The second kappa shape index (κ2) is 6.85. The number of amides is 1. The first kappa shape index (κ1) is 15.0. The molecule has 1 amide bonds. The molecule has 0 bridgehead atoms. The van der Waals surface area contributed by atoms with E-state index in [0.29, 0.717) is 12.1 Å². The molecule has 0 unspecified atom stereocenters. The SMILES string of the molecule is CCNc1cnccc1C(=O)N(C)Cc1csc(Br)c1. The van der Waals surface area contributed by atoms with Crippen molar-refractivity contribution in [2.75, 3.05) is 18.9 Å². The Hall–Kier alpha value is -1.40. The molecule has 0 aliphatic carbocycles. The van der Waals surface area contributed by atoms with E-state index in [0.717, 1.165) is 21.6 Å². The van der Waals surface area contributed by atoms with Crippen molar-refractivity contribution in [1.29, 1.82) is 0 Å². The molecule has 0 aromatic carbocycles. The monoisotopic (exact) mass is 353 g/mol. The molecule has 2 aromatic rings. The Labute approximate surface area is 131 Å². The van der Waals surface area contributed by atoms with Crippen LogP contribution in [0, 0.1) is 0 Å². The molecular weight excluding hydrogens is 338 g/mol. The topological polar surface area (TPSA) is 45.2 Å². The number of halogens is 1. The second-order valence-corrected chi connectivity index (χ2v) is 6.66. The van der Waals surface area contributed by atoms with E-state index in [9.17, 15) is 4.79 Å². The maximum absolute atomic E-state index is 12.5. The molecule has 106 valence electrons. The van der Waals surface area contributed by atoms with Gasteiger partial charge in [0, 0.05) is 26.3 Å². The molecule has 0 atom stereocenters. The number of aromatic nitrogens is 1. The molecule has 0 radical (unpaired) electrons. The van der Waals surface area contributed by atoms with E-state index >= 15 is 0 Å². The van der Waals surface area contributed by atoms with Crippen LogP contribution in [0.15, 0.2) is 33.7 Å². The van der Waals surface area contributed by atoms with Crippen LogP contribution in [-0.4, -0.2) is 29.4 Å². The fourth-order valence-corrected chi connectivity index (χ4v) is 3.09. The summed E-state index contributed by atoms with van der Waals surface area (Å²) in [6, 6.07) is 3.78. The van der Waals surface area contributed by atoms with Gasteiger partial charge in [0.2, 0.25) is 0 Å². The predicted molar refractivity (Wildman–Crippen MR) is 86.2 cm³/mol. The van der Waals surface area contributed by atoms with Crippen molar-refractivity contribution < 1.29 is 4.79 Å². The minimum absolute atomic E-state index is 0.00864. The van der Waals surface area contributed by atoms with Crippen LogP contribution >= 0.6 is 27.3 Å². The number of hydrogen-bond acceptors (Lipinski definition) is 4. The van der Waals surface area contributed by atoms with Gasteiger partial charge in [-0.05, 0) is 45.9 Å². The van der Waals surface area contributed by atoms with Gasteiger partial charge >= 0.3 is 0 Å². The number of nitrogens with one attached hydrogen (secondary N) is 1. The first-order valence-corrected chi connectivity index (χ1v) is 7.95. The summed E-state index contributed by atoms with van der Waals surface area (Å²) in [5.41, 5.74) is 2.55. The Bertz CT molecular complexity index is 600. The van der Waals surface area contributed by atoms with Crippen molar-refractivity contribution in [2.24, 2.45) is 0 Å². The summed E-state index contributed by atoms with van der Waals surface area (Å²) >= 11 is 5.05. The van der Waals surface area contributed by atoms with Crippen molar-refractivity contribution >= 4 is 38.9 Å². The maximum atomic E-state index is 12.5. The maximum Gasteiger partial charge on any atom is 0.256 e. The van der Waals surface area contributed by atoms with Gasteiger partial charge in [0.15, 0.2) is 0 Å². The van der Waals surface area contributed by atoms with Crippen molar-refractivity contribution in [1.82, 2.24) is 9.88 Å². The molecule has 2 rings (SSSR count). The first-order valence-electron chi connectivity index (χ1n) is 6.28. The van der Waals surface area contributed by atoms with Crippen LogP contribution in [0.2, 0.25) is 0 Å². The lowest BCUT2D eigenvalue weighted by molar-refractivity contribution is 0.0786. The third-order valence-electron chi connectivity index (χ3n) is 2.81. The van der Waals surface area contributed by atoms with Crippen LogP contribution in [0.4, 0.5) is 5.69 Å². The average Bonchev–Trinajstić information content (AvgIpc) is 2.84. The lowest BCUT2D eigenvalue weighted by Crippen LogP contribution is -2.27. The summed E-state index contributed by atoms with van der Waals surface area (Å²) in [5.74, 6) is -0.00864. The van der Waals surface area contributed by atoms with Crippen molar-refractivity contribution in [3.63, 3.8) is 0 Å². The Morgan fingerprint density at radius 2 is 2.35 bits per heavy atom. The van der Waals surface area contributed by atoms with Gasteiger partial charge < -0.3 is 10.2 Å². The number of thiophene rings is 1. The molecule has 0 saturated heterocycles. The van der Waals surface area contributed by atoms with Gasteiger partial charge in [0.05, 0.1) is 21.2 Å². The number of rotatable bonds is 5. The number of carbonyl (C=O) groups is 1. The van der Waals surface area contributed by atoms with Gasteiger partial charge in [-0.15, -0.1) is 11.3 Å². The Kier molecular flexibility index (Phi) is 5.14. The fourth-order valence-electron chi connectivity index (χ4n) is 1.89. The van der Waals surface area contributed by atoms with Gasteiger partial charge in [-0.2, -0.15) is 0 Å². The van der Waals surface area contributed by atoms with Gasteiger partial charge in [0.1, 0.15) is 0 Å². The standard InChI is InChI=1S/C14H16BrN3OS/c1-3-17-12-7-16-5-4-11(12)14(19)18(2)8-10-6-13(15)20-9-10/h4-7,9,17H,3,8H2,1-2H3. The first-order chi connectivity index (χ1) is 9.61. The predicted octanol–water partition coefficient (Wildman–Crippen LogP) is 3.61. The average molecular weight is 354 g/mol. The van der Waals surface area contributed by atoms with Crippen LogP contribution in [-0.2, 0) is 6.54 Å². The van der Waals surface area contributed by atoms with Crippen LogP contribution in [0.3, 0.4) is 0 Å². The third kappa shape index (κ3) is 3.58.